The van der Waals surface area contributed by atoms with Crippen LogP contribution in [0.3, 0.4) is 0 Å². The van der Waals surface area contributed by atoms with Crippen molar-refractivity contribution in [2.45, 2.75) is 64.7 Å². The van der Waals surface area contributed by atoms with Crippen molar-refractivity contribution in [1.29, 1.82) is 0 Å². The highest BCUT2D eigenvalue weighted by Crippen LogP contribution is 2.32. The fourth-order valence-electron chi connectivity index (χ4n) is 5.45. The maximum Gasteiger partial charge on any atom is 0.335 e. The van der Waals surface area contributed by atoms with Gasteiger partial charge in [0.05, 0.1) is 24.4 Å². The molecule has 0 spiro atoms. The average molecular weight is 520 g/mol. The Labute approximate surface area is 224 Å². The molecule has 5 nitrogen and oxygen atoms in total. The van der Waals surface area contributed by atoms with Crippen LogP contribution in [0, 0.1) is 12.7 Å². The van der Waals surface area contributed by atoms with E-state index in [2.05, 4.69) is 4.90 Å². The second kappa shape index (κ2) is 12.7. The minimum atomic E-state index is -0.918. The molecule has 0 bridgehead atoms. The summed E-state index contributed by atoms with van der Waals surface area (Å²) < 4.78 is 20.1. The van der Waals surface area contributed by atoms with Crippen LogP contribution in [0.4, 0.5) is 4.39 Å². The fraction of sp³-hybridized carbons (Fsp3) is 0.406. The second-order valence-electron chi connectivity index (χ2n) is 10.3. The molecule has 4 rings (SSSR count). The molecule has 1 fully saturated rings. The Morgan fingerprint density at radius 3 is 2.68 bits per heavy atom. The number of nitrogens with zero attached hydrogens (tertiary/aromatic N) is 1. The molecule has 1 saturated heterocycles. The Morgan fingerprint density at radius 2 is 1.95 bits per heavy atom. The van der Waals surface area contributed by atoms with Crippen LogP contribution in [-0.2, 0) is 17.6 Å². The zero-order valence-electron chi connectivity index (χ0n) is 22.5. The summed E-state index contributed by atoms with van der Waals surface area (Å²) in [6, 6.07) is 19.1. The van der Waals surface area contributed by atoms with Crippen LogP contribution < -0.4 is 0 Å². The smallest absolute Gasteiger partial charge is 0.335 e. The van der Waals surface area contributed by atoms with E-state index in [0.29, 0.717) is 24.1 Å². The first kappa shape index (κ1) is 28.0. The number of aliphatic hydroxyl groups is 1. The van der Waals surface area contributed by atoms with Crippen LogP contribution in [0.15, 0.2) is 60.7 Å². The van der Waals surface area contributed by atoms with E-state index in [-0.39, 0.29) is 24.6 Å². The van der Waals surface area contributed by atoms with Crippen molar-refractivity contribution >= 4 is 5.97 Å². The van der Waals surface area contributed by atoms with Gasteiger partial charge in [-0.3, -0.25) is 4.90 Å². The van der Waals surface area contributed by atoms with Gasteiger partial charge in [0.2, 0.25) is 0 Å². The number of carboxylic acid groups (broad SMARTS) is 1. The van der Waals surface area contributed by atoms with Crippen LogP contribution in [0.1, 0.15) is 65.4 Å². The number of carbonyl (C=O) groups is 1. The maximum absolute atomic E-state index is 14.0. The van der Waals surface area contributed by atoms with Gasteiger partial charge in [0.1, 0.15) is 5.82 Å². The summed E-state index contributed by atoms with van der Waals surface area (Å²) in [7, 11) is 0. The van der Waals surface area contributed by atoms with Crippen LogP contribution in [-0.4, -0.2) is 52.9 Å². The Hall–Kier alpha value is -3.06. The molecular weight excluding hydrogens is 481 g/mol. The summed E-state index contributed by atoms with van der Waals surface area (Å²) in [6.45, 7) is 7.34. The minimum absolute atomic E-state index is 0.168. The van der Waals surface area contributed by atoms with Crippen LogP contribution in [0.5, 0.6) is 0 Å². The molecule has 3 aromatic carbocycles. The number of benzene rings is 3. The first-order chi connectivity index (χ1) is 18.3. The lowest BCUT2D eigenvalue weighted by molar-refractivity contribution is -0.0169. The number of aliphatic hydroxyl groups excluding tert-OH is 1. The van der Waals surface area contributed by atoms with Gasteiger partial charge in [-0.25, -0.2) is 9.18 Å². The van der Waals surface area contributed by atoms with Gasteiger partial charge in [-0.1, -0.05) is 55.5 Å². The van der Waals surface area contributed by atoms with Gasteiger partial charge in [-0.2, -0.15) is 0 Å². The highest BCUT2D eigenvalue weighted by Gasteiger charge is 2.27. The summed E-state index contributed by atoms with van der Waals surface area (Å²) in [5, 5.41) is 20.3. The van der Waals surface area contributed by atoms with Crippen molar-refractivity contribution in [2.24, 2.45) is 0 Å². The molecule has 0 saturated carbocycles. The number of rotatable bonds is 11. The molecule has 2 N–H and O–H groups in total. The predicted molar refractivity (Wildman–Crippen MR) is 148 cm³/mol. The van der Waals surface area contributed by atoms with E-state index in [9.17, 15) is 19.4 Å². The van der Waals surface area contributed by atoms with Crippen molar-refractivity contribution in [3.8, 4) is 11.1 Å². The lowest BCUT2D eigenvalue weighted by atomic mass is 9.93. The maximum atomic E-state index is 14.0. The molecule has 3 atom stereocenters. The van der Waals surface area contributed by atoms with Crippen LogP contribution in [0.25, 0.3) is 11.1 Å². The molecular formula is C32H38FNO4. The third kappa shape index (κ3) is 6.68. The molecule has 1 heterocycles. The van der Waals surface area contributed by atoms with E-state index >= 15 is 0 Å². The standard InChI is InChI=1S/C32H38FNO4/c1-4-24-18-25(13-14-30(24)32(36)37)29-10-6-5-9-28(29)22(3)38-20-27(35)19-34-15-7-8-26(34)16-23-12-11-21(2)31(33)17-23/h5-6,9-14,17-18,22,26-27,35H,4,7-8,15-16,19-20H2,1-3H3,(H,36,37)/t22-,26+,27?/m1/s1. The molecule has 3 aromatic rings. The van der Waals surface area contributed by atoms with Crippen molar-refractivity contribution in [1.82, 2.24) is 4.90 Å². The van der Waals surface area contributed by atoms with Gasteiger partial charge in [0.15, 0.2) is 0 Å². The van der Waals surface area contributed by atoms with Crippen molar-refractivity contribution < 1.29 is 24.1 Å². The summed E-state index contributed by atoms with van der Waals surface area (Å²) in [5.74, 6) is -1.09. The summed E-state index contributed by atoms with van der Waals surface area (Å²) in [5.41, 5.74) is 5.70. The third-order valence-corrected chi connectivity index (χ3v) is 7.62. The van der Waals surface area contributed by atoms with E-state index in [1.807, 2.05) is 62.4 Å². The van der Waals surface area contributed by atoms with E-state index < -0.39 is 12.1 Å². The number of hydrogen-bond donors (Lipinski definition) is 2. The predicted octanol–water partition coefficient (Wildman–Crippen LogP) is 6.21. The normalized spacial score (nSPS) is 17.4. The Kier molecular flexibility index (Phi) is 9.31. The van der Waals surface area contributed by atoms with Crippen LogP contribution in [0.2, 0.25) is 0 Å². The zero-order valence-corrected chi connectivity index (χ0v) is 22.5. The topological polar surface area (TPSA) is 70.0 Å². The molecule has 1 aliphatic heterocycles. The van der Waals surface area contributed by atoms with E-state index in [1.165, 1.54) is 0 Å². The first-order valence-corrected chi connectivity index (χ1v) is 13.5. The Morgan fingerprint density at radius 1 is 1.16 bits per heavy atom. The lowest BCUT2D eigenvalue weighted by Gasteiger charge is -2.28. The molecule has 202 valence electrons. The molecule has 0 radical (unpaired) electrons. The number of ether oxygens (including phenoxy) is 1. The number of aromatic carboxylic acids is 1. The van der Waals surface area contributed by atoms with Crippen molar-refractivity contribution in [2.75, 3.05) is 19.7 Å². The van der Waals surface area contributed by atoms with E-state index in [1.54, 1.807) is 19.1 Å². The quantitative estimate of drug-likeness (QED) is 0.315. The number of β-amino-alcohol motifs (C(OH)–C–C–N with tert-alkyl or cyclic N) is 1. The Bertz CT molecular complexity index is 1260. The van der Waals surface area contributed by atoms with Gasteiger partial charge in [0, 0.05) is 12.6 Å². The van der Waals surface area contributed by atoms with E-state index in [4.69, 9.17) is 4.74 Å². The number of likely N-dealkylation sites (tertiary alicyclic amines) is 1. The molecule has 0 amide bonds. The lowest BCUT2D eigenvalue weighted by Crippen LogP contribution is -2.39. The fourth-order valence-corrected chi connectivity index (χ4v) is 5.45. The molecule has 1 aliphatic rings. The number of carboxylic acids is 1. The van der Waals surface area contributed by atoms with E-state index in [0.717, 1.165) is 53.6 Å². The Balaban J connectivity index is 1.38. The van der Waals surface area contributed by atoms with Crippen LogP contribution >= 0.6 is 0 Å². The first-order valence-electron chi connectivity index (χ1n) is 13.5. The summed E-state index contributed by atoms with van der Waals surface area (Å²) in [6.07, 6.45) is 2.61. The van der Waals surface area contributed by atoms with Gasteiger partial charge in [-0.15, -0.1) is 0 Å². The highest BCUT2D eigenvalue weighted by atomic mass is 19.1. The number of hydrogen-bond acceptors (Lipinski definition) is 4. The SMILES string of the molecule is CCc1cc(-c2ccccc2[C@@H](C)OCC(O)CN2CCC[C@H]2Cc2ccc(C)c(F)c2)ccc1C(=O)O. The third-order valence-electron chi connectivity index (χ3n) is 7.62. The summed E-state index contributed by atoms with van der Waals surface area (Å²) in [4.78, 5) is 13.8. The largest absolute Gasteiger partial charge is 0.478 e. The molecule has 0 aliphatic carbocycles. The van der Waals surface area contributed by atoms with Gasteiger partial charge < -0.3 is 14.9 Å². The molecule has 38 heavy (non-hydrogen) atoms. The highest BCUT2D eigenvalue weighted by molar-refractivity contribution is 5.90. The molecule has 1 unspecified atom stereocenters. The zero-order chi connectivity index (χ0) is 27.2. The summed E-state index contributed by atoms with van der Waals surface area (Å²) >= 11 is 0. The monoisotopic (exact) mass is 519 g/mol. The number of halogens is 1. The second-order valence-corrected chi connectivity index (χ2v) is 10.3. The number of aryl methyl sites for hydroxylation is 2. The van der Waals surface area contributed by atoms with Crippen molar-refractivity contribution in [3.05, 3.63) is 94.3 Å². The molecule has 6 heteroatoms. The molecule has 0 aromatic heterocycles. The van der Waals surface area contributed by atoms with Crippen molar-refractivity contribution in [3.63, 3.8) is 0 Å². The van der Waals surface area contributed by atoms with Gasteiger partial charge in [-0.05, 0) is 91.6 Å². The van der Waals surface area contributed by atoms with Gasteiger partial charge in [0.25, 0.3) is 0 Å². The van der Waals surface area contributed by atoms with Gasteiger partial charge >= 0.3 is 5.97 Å². The average Bonchev–Trinajstić information content (AvgIpc) is 3.34. The minimum Gasteiger partial charge on any atom is -0.478 e.